The highest BCUT2D eigenvalue weighted by molar-refractivity contribution is 8.13. The third kappa shape index (κ3) is 4.21. The van der Waals surface area contributed by atoms with E-state index >= 15 is 8.78 Å². The Morgan fingerprint density at radius 3 is 2.93 bits per heavy atom. The smallest absolute Gasteiger partial charge is 0.155 e. The van der Waals surface area contributed by atoms with E-state index in [1.807, 2.05) is 13.0 Å². The van der Waals surface area contributed by atoms with Crippen molar-refractivity contribution in [2.24, 2.45) is 10.7 Å². The SMILES string of the molecule is C=C(/C(F)=C\C=C(/C)c1cncc(C#CC)c1)[C@]12CO[C@@H](C)C[C@@]1(F)CSC(N)=N2. The number of hydrogen-bond donors (Lipinski definition) is 1. The lowest BCUT2D eigenvalue weighted by Gasteiger charge is -2.50. The van der Waals surface area contributed by atoms with Gasteiger partial charge in [0.05, 0.1) is 12.7 Å². The van der Waals surface area contributed by atoms with Crippen molar-refractivity contribution in [2.45, 2.75) is 44.5 Å². The monoisotopic (exact) mass is 429 g/mol. The van der Waals surface area contributed by atoms with Gasteiger partial charge in [-0.25, -0.2) is 13.8 Å². The average Bonchev–Trinajstić information content (AvgIpc) is 2.72. The Hall–Kier alpha value is -2.43. The maximum atomic E-state index is 15.9. The minimum absolute atomic E-state index is 0.0621. The van der Waals surface area contributed by atoms with E-state index in [4.69, 9.17) is 10.5 Å². The summed E-state index contributed by atoms with van der Waals surface area (Å²) in [6, 6.07) is 1.88. The summed E-state index contributed by atoms with van der Waals surface area (Å²) in [5.41, 5.74) is 4.84. The van der Waals surface area contributed by atoms with Crippen molar-refractivity contribution in [1.82, 2.24) is 4.98 Å². The van der Waals surface area contributed by atoms with E-state index < -0.39 is 17.0 Å². The molecular formula is C23H25F2N3OS. The molecule has 1 fully saturated rings. The maximum Gasteiger partial charge on any atom is 0.155 e. The van der Waals surface area contributed by atoms with Gasteiger partial charge in [-0.3, -0.25) is 4.98 Å². The molecule has 3 heterocycles. The standard InChI is InChI=1S/C23H25F2N3OS/c1-5-6-18-9-19(12-27-11-18)15(2)7-8-20(24)17(4)23-13-29-16(3)10-22(23,25)14-30-21(26)28-23/h7-9,11-12,16H,4,10,13-14H2,1-3H3,(H2,26,28)/b15-7+,20-8+/t16-,22+,23+/m0/s1. The minimum atomic E-state index is -1.78. The van der Waals surface area contributed by atoms with Crippen LogP contribution in [0.15, 0.2) is 53.6 Å². The van der Waals surface area contributed by atoms with E-state index in [0.29, 0.717) is 0 Å². The first-order valence-electron chi connectivity index (χ1n) is 9.61. The van der Waals surface area contributed by atoms with Crippen molar-refractivity contribution in [3.63, 3.8) is 0 Å². The van der Waals surface area contributed by atoms with Crippen molar-refractivity contribution < 1.29 is 13.5 Å². The Morgan fingerprint density at radius 1 is 1.43 bits per heavy atom. The molecule has 0 aromatic carbocycles. The van der Waals surface area contributed by atoms with E-state index in [1.54, 1.807) is 32.3 Å². The van der Waals surface area contributed by atoms with E-state index in [-0.39, 0.29) is 35.6 Å². The van der Waals surface area contributed by atoms with Crippen LogP contribution in [0, 0.1) is 11.8 Å². The Morgan fingerprint density at radius 2 is 2.20 bits per heavy atom. The topological polar surface area (TPSA) is 60.5 Å². The van der Waals surface area contributed by atoms with Gasteiger partial charge < -0.3 is 10.5 Å². The molecule has 0 unspecified atom stereocenters. The van der Waals surface area contributed by atoms with Crippen LogP contribution in [0.1, 0.15) is 38.3 Å². The molecule has 0 spiro atoms. The minimum Gasteiger partial charge on any atom is -0.379 e. The third-order valence-electron chi connectivity index (χ3n) is 5.41. The fraction of sp³-hybridized carbons (Fsp3) is 0.391. The molecule has 0 saturated carbocycles. The number of fused-ring (bicyclic) bond motifs is 1. The van der Waals surface area contributed by atoms with Gasteiger partial charge in [-0.05, 0) is 44.1 Å². The molecule has 2 aliphatic heterocycles. The van der Waals surface area contributed by atoms with Gasteiger partial charge in [0.1, 0.15) is 11.4 Å². The van der Waals surface area contributed by atoms with Crippen LogP contribution < -0.4 is 5.73 Å². The molecule has 0 bridgehead atoms. The molecular weight excluding hydrogens is 404 g/mol. The third-order valence-corrected chi connectivity index (χ3v) is 6.40. The van der Waals surface area contributed by atoms with Crippen molar-refractivity contribution in [1.29, 1.82) is 0 Å². The zero-order chi connectivity index (χ0) is 21.9. The fourth-order valence-corrected chi connectivity index (χ4v) is 4.63. The molecule has 3 rings (SSSR count). The first-order chi connectivity index (χ1) is 14.2. The molecule has 0 amide bonds. The van der Waals surface area contributed by atoms with Crippen LogP contribution in [0.4, 0.5) is 8.78 Å². The number of hydrogen-bond acceptors (Lipinski definition) is 5. The number of alkyl halides is 1. The summed E-state index contributed by atoms with van der Waals surface area (Å²) in [7, 11) is 0. The first kappa shape index (κ1) is 22.3. The predicted molar refractivity (Wildman–Crippen MR) is 119 cm³/mol. The van der Waals surface area contributed by atoms with Gasteiger partial charge in [-0.2, -0.15) is 0 Å². The van der Waals surface area contributed by atoms with Gasteiger partial charge >= 0.3 is 0 Å². The summed E-state index contributed by atoms with van der Waals surface area (Å²) in [6.45, 7) is 9.13. The van der Waals surface area contributed by atoms with Crippen LogP contribution in [-0.2, 0) is 4.74 Å². The number of aromatic nitrogens is 1. The Bertz CT molecular complexity index is 1010. The molecule has 2 N–H and O–H groups in total. The van der Waals surface area contributed by atoms with Crippen molar-refractivity contribution >= 4 is 22.5 Å². The number of nitrogens with zero attached hydrogens (tertiary/aromatic N) is 2. The van der Waals surface area contributed by atoms with Crippen LogP contribution in [-0.4, -0.2) is 39.8 Å². The molecule has 30 heavy (non-hydrogen) atoms. The number of ether oxygens (including phenoxy) is 1. The fourth-order valence-electron chi connectivity index (χ4n) is 3.68. The number of aliphatic imine (C=N–C) groups is 1. The summed E-state index contributed by atoms with van der Waals surface area (Å²) in [6.07, 6.45) is 6.04. The zero-order valence-electron chi connectivity index (χ0n) is 17.3. The summed E-state index contributed by atoms with van der Waals surface area (Å²) >= 11 is 1.14. The lowest BCUT2D eigenvalue weighted by molar-refractivity contribution is -0.0894. The van der Waals surface area contributed by atoms with E-state index in [9.17, 15) is 0 Å². The van der Waals surface area contributed by atoms with Crippen LogP contribution >= 0.6 is 11.8 Å². The predicted octanol–water partition coefficient (Wildman–Crippen LogP) is 4.58. The second-order valence-electron chi connectivity index (χ2n) is 7.57. The lowest BCUT2D eigenvalue weighted by Crippen LogP contribution is -2.63. The van der Waals surface area contributed by atoms with Crippen molar-refractivity contribution in [3.8, 4) is 11.8 Å². The highest BCUT2D eigenvalue weighted by Gasteiger charge is 2.60. The van der Waals surface area contributed by atoms with Crippen LogP contribution in [0.25, 0.3) is 5.57 Å². The summed E-state index contributed by atoms with van der Waals surface area (Å²) in [5.74, 6) is 5.20. The van der Waals surface area contributed by atoms with Gasteiger partial charge in [-0.1, -0.05) is 30.3 Å². The van der Waals surface area contributed by atoms with E-state index in [2.05, 4.69) is 28.4 Å². The van der Waals surface area contributed by atoms with Gasteiger partial charge in [0, 0.05) is 35.7 Å². The number of nitrogens with two attached hydrogens (primary N) is 1. The number of pyridine rings is 1. The molecule has 0 radical (unpaired) electrons. The number of halogens is 2. The van der Waals surface area contributed by atoms with Crippen LogP contribution in [0.5, 0.6) is 0 Å². The number of thioether (sulfide) groups is 1. The molecule has 1 aromatic heterocycles. The van der Waals surface area contributed by atoms with Crippen LogP contribution in [0.3, 0.4) is 0 Å². The molecule has 2 aliphatic rings. The maximum absolute atomic E-state index is 15.9. The largest absolute Gasteiger partial charge is 0.379 e. The van der Waals surface area contributed by atoms with Crippen LogP contribution in [0.2, 0.25) is 0 Å². The Balaban J connectivity index is 1.92. The number of rotatable bonds is 4. The molecule has 3 atom stereocenters. The molecule has 7 heteroatoms. The molecule has 1 saturated heterocycles. The summed E-state index contributed by atoms with van der Waals surface area (Å²) in [4.78, 5) is 8.47. The average molecular weight is 430 g/mol. The number of amidine groups is 1. The second-order valence-corrected chi connectivity index (χ2v) is 8.57. The van der Waals surface area contributed by atoms with Crippen molar-refractivity contribution in [3.05, 3.63) is 59.7 Å². The highest BCUT2D eigenvalue weighted by atomic mass is 32.2. The molecule has 1 aromatic rings. The van der Waals surface area contributed by atoms with Gasteiger partial charge in [0.25, 0.3) is 0 Å². The molecule has 158 valence electrons. The van der Waals surface area contributed by atoms with Gasteiger partial charge in [0.2, 0.25) is 0 Å². The highest BCUT2D eigenvalue weighted by Crippen LogP contribution is 2.50. The second kappa shape index (κ2) is 8.75. The number of allylic oxidation sites excluding steroid dienone is 3. The van der Waals surface area contributed by atoms with Crippen molar-refractivity contribution in [2.75, 3.05) is 12.4 Å². The molecule has 4 nitrogen and oxygen atoms in total. The lowest BCUT2D eigenvalue weighted by atomic mass is 9.72. The van der Waals surface area contributed by atoms with Gasteiger partial charge in [0.15, 0.2) is 10.8 Å². The van der Waals surface area contributed by atoms with E-state index in [1.165, 1.54) is 6.08 Å². The summed E-state index contributed by atoms with van der Waals surface area (Å²) < 4.78 is 36.8. The zero-order valence-corrected chi connectivity index (χ0v) is 18.2. The van der Waals surface area contributed by atoms with Gasteiger partial charge in [-0.15, -0.1) is 5.92 Å². The summed E-state index contributed by atoms with van der Waals surface area (Å²) in [5, 5.41) is 0.210. The Labute approximate surface area is 180 Å². The Kier molecular flexibility index (Phi) is 6.49. The quantitative estimate of drug-likeness (QED) is 0.562. The molecule has 0 aliphatic carbocycles. The van der Waals surface area contributed by atoms with E-state index in [0.717, 1.165) is 28.5 Å². The first-order valence-corrected chi connectivity index (χ1v) is 10.6. The normalized spacial score (nSPS) is 29.4.